The predicted octanol–water partition coefficient (Wildman–Crippen LogP) is 1.74. The van der Waals surface area contributed by atoms with Crippen LogP contribution in [0.3, 0.4) is 0 Å². The minimum Gasteiger partial charge on any atom is -0.481 e. The molecular formula is C12H15NO2. The summed E-state index contributed by atoms with van der Waals surface area (Å²) < 4.78 is 0. The van der Waals surface area contributed by atoms with E-state index < -0.39 is 5.97 Å². The van der Waals surface area contributed by atoms with E-state index in [1.807, 2.05) is 24.3 Å². The van der Waals surface area contributed by atoms with Gasteiger partial charge in [0.1, 0.15) is 0 Å². The van der Waals surface area contributed by atoms with Crippen molar-refractivity contribution in [2.75, 3.05) is 6.54 Å². The van der Waals surface area contributed by atoms with Crippen molar-refractivity contribution in [1.82, 2.24) is 5.32 Å². The molecule has 1 aromatic carbocycles. The van der Waals surface area contributed by atoms with E-state index in [1.165, 1.54) is 6.42 Å². The fourth-order valence-electron chi connectivity index (χ4n) is 2.15. The second kappa shape index (κ2) is 4.45. The van der Waals surface area contributed by atoms with Crippen LogP contribution in [0.4, 0.5) is 0 Å². The first-order valence-corrected chi connectivity index (χ1v) is 5.30. The molecule has 15 heavy (non-hydrogen) atoms. The van der Waals surface area contributed by atoms with Crippen LogP contribution in [0.2, 0.25) is 0 Å². The van der Waals surface area contributed by atoms with Crippen LogP contribution in [0.1, 0.15) is 30.0 Å². The van der Waals surface area contributed by atoms with Crippen molar-refractivity contribution in [3.8, 4) is 0 Å². The van der Waals surface area contributed by atoms with Crippen molar-refractivity contribution < 1.29 is 9.90 Å². The Balaban J connectivity index is 2.24. The van der Waals surface area contributed by atoms with Crippen LogP contribution in [0.15, 0.2) is 24.3 Å². The van der Waals surface area contributed by atoms with Crippen LogP contribution in [0.25, 0.3) is 0 Å². The lowest BCUT2D eigenvalue weighted by Crippen LogP contribution is -2.15. The van der Waals surface area contributed by atoms with Crippen molar-refractivity contribution in [3.05, 3.63) is 35.4 Å². The lowest BCUT2D eigenvalue weighted by atomic mass is 9.97. The molecule has 0 aliphatic carbocycles. The van der Waals surface area contributed by atoms with E-state index in [9.17, 15) is 4.79 Å². The molecule has 0 bridgehead atoms. The SMILES string of the molecule is O=C(O)Cc1ccccc1[C@@H]1CCCN1. The Morgan fingerprint density at radius 3 is 2.93 bits per heavy atom. The standard InChI is InChI=1S/C12H15NO2/c14-12(15)8-9-4-1-2-5-10(9)11-6-3-7-13-11/h1-2,4-5,11,13H,3,6-8H2,(H,14,15)/t11-/m0/s1. The van der Waals surface area contributed by atoms with Gasteiger partial charge in [-0.05, 0) is 30.5 Å². The molecule has 0 spiro atoms. The Morgan fingerprint density at radius 2 is 2.27 bits per heavy atom. The highest BCUT2D eigenvalue weighted by atomic mass is 16.4. The quantitative estimate of drug-likeness (QED) is 0.790. The molecule has 1 aromatic rings. The number of hydrogen-bond donors (Lipinski definition) is 2. The third kappa shape index (κ3) is 2.36. The second-order valence-electron chi connectivity index (χ2n) is 3.92. The van der Waals surface area contributed by atoms with Crippen molar-refractivity contribution in [3.63, 3.8) is 0 Å². The van der Waals surface area contributed by atoms with Gasteiger partial charge < -0.3 is 10.4 Å². The topological polar surface area (TPSA) is 49.3 Å². The molecule has 80 valence electrons. The van der Waals surface area contributed by atoms with Gasteiger partial charge in [0.15, 0.2) is 0 Å². The highest BCUT2D eigenvalue weighted by Crippen LogP contribution is 2.26. The largest absolute Gasteiger partial charge is 0.481 e. The molecule has 0 aromatic heterocycles. The fraction of sp³-hybridized carbons (Fsp3) is 0.417. The summed E-state index contributed by atoms with van der Waals surface area (Å²) in [5.74, 6) is -0.763. The first-order chi connectivity index (χ1) is 7.27. The minimum atomic E-state index is -0.763. The second-order valence-corrected chi connectivity index (χ2v) is 3.92. The number of benzene rings is 1. The zero-order valence-electron chi connectivity index (χ0n) is 8.57. The molecular weight excluding hydrogens is 190 g/mol. The lowest BCUT2D eigenvalue weighted by Gasteiger charge is -2.14. The summed E-state index contributed by atoms with van der Waals surface area (Å²) >= 11 is 0. The van der Waals surface area contributed by atoms with Gasteiger partial charge in [-0.25, -0.2) is 0 Å². The highest BCUT2D eigenvalue weighted by Gasteiger charge is 2.19. The van der Waals surface area contributed by atoms with Gasteiger partial charge in [0.05, 0.1) is 6.42 Å². The van der Waals surface area contributed by atoms with Gasteiger partial charge in [0.2, 0.25) is 0 Å². The van der Waals surface area contributed by atoms with E-state index in [-0.39, 0.29) is 6.42 Å². The molecule has 2 N–H and O–H groups in total. The van der Waals surface area contributed by atoms with Crippen molar-refractivity contribution in [2.45, 2.75) is 25.3 Å². The van der Waals surface area contributed by atoms with Crippen molar-refractivity contribution in [2.24, 2.45) is 0 Å². The van der Waals surface area contributed by atoms with Gasteiger partial charge in [-0.1, -0.05) is 24.3 Å². The monoisotopic (exact) mass is 205 g/mol. The maximum atomic E-state index is 10.7. The minimum absolute atomic E-state index is 0.119. The predicted molar refractivity (Wildman–Crippen MR) is 57.8 cm³/mol. The van der Waals surface area contributed by atoms with Gasteiger partial charge >= 0.3 is 5.97 Å². The van der Waals surface area contributed by atoms with Gasteiger partial charge in [-0.3, -0.25) is 4.79 Å². The van der Waals surface area contributed by atoms with Crippen LogP contribution in [-0.4, -0.2) is 17.6 Å². The summed E-state index contributed by atoms with van der Waals surface area (Å²) in [7, 11) is 0. The third-order valence-electron chi connectivity index (χ3n) is 2.83. The Labute approximate surface area is 89.1 Å². The summed E-state index contributed by atoms with van der Waals surface area (Å²) in [6.07, 6.45) is 2.40. The van der Waals surface area contributed by atoms with Crippen LogP contribution < -0.4 is 5.32 Å². The first-order valence-electron chi connectivity index (χ1n) is 5.30. The molecule has 1 heterocycles. The molecule has 1 aliphatic heterocycles. The maximum absolute atomic E-state index is 10.7. The van der Waals surface area contributed by atoms with Crippen LogP contribution >= 0.6 is 0 Å². The van der Waals surface area contributed by atoms with E-state index in [2.05, 4.69) is 5.32 Å². The Bertz CT molecular complexity index is 356. The van der Waals surface area contributed by atoms with Crippen LogP contribution in [0, 0.1) is 0 Å². The number of carbonyl (C=O) groups is 1. The van der Waals surface area contributed by atoms with Crippen LogP contribution in [0.5, 0.6) is 0 Å². The van der Waals surface area contributed by atoms with Gasteiger partial charge in [0, 0.05) is 6.04 Å². The maximum Gasteiger partial charge on any atom is 0.307 e. The van der Waals surface area contributed by atoms with Gasteiger partial charge in [0.25, 0.3) is 0 Å². The fourth-order valence-corrected chi connectivity index (χ4v) is 2.15. The number of hydrogen-bond acceptors (Lipinski definition) is 2. The molecule has 1 atom stereocenters. The lowest BCUT2D eigenvalue weighted by molar-refractivity contribution is -0.136. The summed E-state index contributed by atoms with van der Waals surface area (Å²) in [6.45, 7) is 1.03. The molecule has 0 radical (unpaired) electrons. The number of nitrogens with one attached hydrogen (secondary N) is 1. The molecule has 1 aliphatic rings. The van der Waals surface area contributed by atoms with E-state index in [4.69, 9.17) is 5.11 Å². The zero-order chi connectivity index (χ0) is 10.7. The molecule has 1 fully saturated rings. The smallest absolute Gasteiger partial charge is 0.307 e. The molecule has 0 saturated carbocycles. The highest BCUT2D eigenvalue weighted by molar-refractivity contribution is 5.70. The molecule has 3 nitrogen and oxygen atoms in total. The third-order valence-corrected chi connectivity index (χ3v) is 2.83. The molecule has 1 saturated heterocycles. The Kier molecular flexibility index (Phi) is 3.02. The van der Waals surface area contributed by atoms with Gasteiger partial charge in [-0.15, -0.1) is 0 Å². The summed E-state index contributed by atoms with van der Waals surface area (Å²) in [4.78, 5) is 10.7. The number of rotatable bonds is 3. The van der Waals surface area contributed by atoms with E-state index in [0.717, 1.165) is 24.1 Å². The van der Waals surface area contributed by atoms with Crippen molar-refractivity contribution in [1.29, 1.82) is 0 Å². The van der Waals surface area contributed by atoms with E-state index in [0.29, 0.717) is 6.04 Å². The number of carboxylic acids is 1. The number of carboxylic acid groups (broad SMARTS) is 1. The Hall–Kier alpha value is -1.35. The number of aliphatic carboxylic acids is 1. The van der Waals surface area contributed by atoms with E-state index >= 15 is 0 Å². The molecule has 2 rings (SSSR count). The zero-order valence-corrected chi connectivity index (χ0v) is 8.57. The summed E-state index contributed by atoms with van der Waals surface area (Å²) in [6, 6.07) is 8.16. The van der Waals surface area contributed by atoms with E-state index in [1.54, 1.807) is 0 Å². The average Bonchev–Trinajstić information content (AvgIpc) is 2.70. The Morgan fingerprint density at radius 1 is 1.47 bits per heavy atom. The van der Waals surface area contributed by atoms with Gasteiger partial charge in [-0.2, -0.15) is 0 Å². The molecule has 0 amide bonds. The molecule has 0 unspecified atom stereocenters. The van der Waals surface area contributed by atoms with Crippen LogP contribution in [-0.2, 0) is 11.2 Å². The average molecular weight is 205 g/mol. The first kappa shape index (κ1) is 10.2. The van der Waals surface area contributed by atoms with Crippen molar-refractivity contribution >= 4 is 5.97 Å². The normalized spacial score (nSPS) is 20.4. The summed E-state index contributed by atoms with van der Waals surface area (Å²) in [5.41, 5.74) is 2.09. The summed E-state index contributed by atoms with van der Waals surface area (Å²) in [5, 5.41) is 12.2. The molecule has 3 heteroatoms.